The van der Waals surface area contributed by atoms with Gasteiger partial charge in [0, 0.05) is 24.5 Å². The van der Waals surface area contributed by atoms with E-state index in [1.54, 1.807) is 6.92 Å². The fourth-order valence-electron chi connectivity index (χ4n) is 3.96. The van der Waals surface area contributed by atoms with E-state index >= 15 is 0 Å². The standard InChI is InChI=1S/C23H29ClN2O/c1-17-5-7-20(8-6-17)16-23-22(4-3-15-26(23)18(2)27)25-14-13-19-9-11-21(24)12-10-19/h5-12,22-23,25H,3-4,13-16H2,1-2H3/t22-,23-/m0/s1. The quantitative estimate of drug-likeness (QED) is 0.800. The van der Waals surface area contributed by atoms with Crippen molar-refractivity contribution in [2.24, 2.45) is 0 Å². The predicted octanol–water partition coefficient (Wildman–Crippen LogP) is 4.40. The monoisotopic (exact) mass is 384 g/mol. The first-order valence-electron chi connectivity index (χ1n) is 9.83. The van der Waals surface area contributed by atoms with Crippen LogP contribution in [0.1, 0.15) is 36.5 Å². The molecule has 2 aromatic rings. The molecule has 0 aliphatic carbocycles. The third-order valence-corrected chi connectivity index (χ3v) is 5.73. The van der Waals surface area contributed by atoms with Gasteiger partial charge in [0.15, 0.2) is 0 Å². The Morgan fingerprint density at radius 1 is 1.11 bits per heavy atom. The highest BCUT2D eigenvalue weighted by atomic mass is 35.5. The zero-order valence-electron chi connectivity index (χ0n) is 16.2. The molecule has 1 aliphatic rings. The lowest BCUT2D eigenvalue weighted by Gasteiger charge is -2.41. The molecule has 0 radical (unpaired) electrons. The van der Waals surface area contributed by atoms with Crippen LogP contribution in [-0.4, -0.2) is 36.0 Å². The van der Waals surface area contributed by atoms with Crippen LogP contribution in [0.3, 0.4) is 0 Å². The fraction of sp³-hybridized carbons (Fsp3) is 0.435. The third kappa shape index (κ3) is 5.57. The van der Waals surface area contributed by atoms with Crippen LogP contribution in [0.25, 0.3) is 0 Å². The smallest absolute Gasteiger partial charge is 0.219 e. The average Bonchev–Trinajstić information content (AvgIpc) is 2.66. The van der Waals surface area contributed by atoms with E-state index in [0.717, 1.165) is 43.8 Å². The van der Waals surface area contributed by atoms with Crippen LogP contribution in [0.4, 0.5) is 0 Å². The van der Waals surface area contributed by atoms with Crippen LogP contribution in [0.5, 0.6) is 0 Å². The minimum atomic E-state index is 0.177. The van der Waals surface area contributed by atoms with Gasteiger partial charge in [-0.15, -0.1) is 0 Å². The molecule has 1 fully saturated rings. The van der Waals surface area contributed by atoms with Crippen molar-refractivity contribution in [3.63, 3.8) is 0 Å². The molecule has 1 aliphatic heterocycles. The van der Waals surface area contributed by atoms with Gasteiger partial charge in [0.05, 0.1) is 6.04 Å². The molecule has 0 unspecified atom stereocenters. The predicted molar refractivity (Wildman–Crippen MR) is 112 cm³/mol. The summed E-state index contributed by atoms with van der Waals surface area (Å²) in [6.45, 7) is 5.56. The molecule has 0 spiro atoms. The highest BCUT2D eigenvalue weighted by Crippen LogP contribution is 2.22. The minimum Gasteiger partial charge on any atom is -0.338 e. The van der Waals surface area contributed by atoms with Gasteiger partial charge in [0.25, 0.3) is 0 Å². The van der Waals surface area contributed by atoms with E-state index in [-0.39, 0.29) is 11.9 Å². The number of rotatable bonds is 6. The maximum Gasteiger partial charge on any atom is 0.219 e. The number of carbonyl (C=O) groups excluding carboxylic acids is 1. The number of hydrogen-bond donors (Lipinski definition) is 1. The van der Waals surface area contributed by atoms with Crippen molar-refractivity contribution in [1.82, 2.24) is 10.2 Å². The van der Waals surface area contributed by atoms with Crippen molar-refractivity contribution in [3.8, 4) is 0 Å². The topological polar surface area (TPSA) is 32.3 Å². The molecule has 1 amide bonds. The van der Waals surface area contributed by atoms with Crippen LogP contribution in [-0.2, 0) is 17.6 Å². The van der Waals surface area contributed by atoms with Gasteiger partial charge in [-0.25, -0.2) is 0 Å². The Labute approximate surface area is 167 Å². The van der Waals surface area contributed by atoms with Crippen LogP contribution in [0, 0.1) is 6.92 Å². The van der Waals surface area contributed by atoms with Gasteiger partial charge in [-0.05, 0) is 62.4 Å². The Morgan fingerprint density at radius 2 is 1.78 bits per heavy atom. The van der Waals surface area contributed by atoms with Gasteiger partial charge in [-0.2, -0.15) is 0 Å². The van der Waals surface area contributed by atoms with Crippen LogP contribution < -0.4 is 5.32 Å². The van der Waals surface area contributed by atoms with E-state index in [2.05, 4.69) is 53.5 Å². The summed E-state index contributed by atoms with van der Waals surface area (Å²) in [5.74, 6) is 0.177. The van der Waals surface area contributed by atoms with Gasteiger partial charge >= 0.3 is 0 Å². The second kappa shape index (κ2) is 9.38. The number of carbonyl (C=O) groups is 1. The molecule has 1 saturated heterocycles. The van der Waals surface area contributed by atoms with Gasteiger partial charge < -0.3 is 10.2 Å². The average molecular weight is 385 g/mol. The van der Waals surface area contributed by atoms with E-state index in [9.17, 15) is 4.79 Å². The lowest BCUT2D eigenvalue weighted by molar-refractivity contribution is -0.133. The molecule has 0 aromatic heterocycles. The largest absolute Gasteiger partial charge is 0.338 e. The maximum atomic E-state index is 12.2. The zero-order valence-corrected chi connectivity index (χ0v) is 17.0. The molecule has 144 valence electrons. The van der Waals surface area contributed by atoms with E-state index in [1.807, 2.05) is 12.1 Å². The van der Waals surface area contributed by atoms with E-state index in [1.165, 1.54) is 16.7 Å². The summed E-state index contributed by atoms with van der Waals surface area (Å²) in [7, 11) is 0. The molecule has 2 atom stereocenters. The molecule has 1 heterocycles. The first-order chi connectivity index (χ1) is 13.0. The molecule has 3 nitrogen and oxygen atoms in total. The van der Waals surface area contributed by atoms with E-state index in [4.69, 9.17) is 11.6 Å². The number of nitrogens with zero attached hydrogens (tertiary/aromatic N) is 1. The summed E-state index contributed by atoms with van der Waals surface area (Å²) in [6, 6.07) is 17.3. The van der Waals surface area contributed by atoms with Crippen LogP contribution >= 0.6 is 11.6 Å². The summed E-state index contributed by atoms with van der Waals surface area (Å²) in [5, 5.41) is 4.50. The number of hydrogen-bond acceptors (Lipinski definition) is 2. The Hall–Kier alpha value is -1.84. The molecular weight excluding hydrogens is 356 g/mol. The minimum absolute atomic E-state index is 0.177. The second-order valence-corrected chi connectivity index (χ2v) is 7.99. The number of nitrogens with one attached hydrogen (secondary N) is 1. The number of halogens is 1. The first kappa shape index (κ1) is 19.9. The Bertz CT molecular complexity index is 742. The fourth-order valence-corrected chi connectivity index (χ4v) is 4.08. The first-order valence-corrected chi connectivity index (χ1v) is 10.2. The summed E-state index contributed by atoms with van der Waals surface area (Å²) < 4.78 is 0. The molecule has 27 heavy (non-hydrogen) atoms. The molecule has 0 saturated carbocycles. The second-order valence-electron chi connectivity index (χ2n) is 7.55. The van der Waals surface area contributed by atoms with Gasteiger partial charge in [0.2, 0.25) is 5.91 Å². The van der Waals surface area contributed by atoms with E-state index < -0.39 is 0 Å². The number of likely N-dealkylation sites (tertiary alicyclic amines) is 1. The third-order valence-electron chi connectivity index (χ3n) is 5.48. The molecular formula is C23H29ClN2O. The van der Waals surface area contributed by atoms with Crippen LogP contribution in [0.15, 0.2) is 48.5 Å². The van der Waals surface area contributed by atoms with Gasteiger partial charge in [0.1, 0.15) is 0 Å². The zero-order chi connectivity index (χ0) is 19.2. The van der Waals surface area contributed by atoms with Crippen molar-refractivity contribution < 1.29 is 4.79 Å². The number of aryl methyl sites for hydroxylation is 1. The normalized spacial score (nSPS) is 19.9. The summed E-state index contributed by atoms with van der Waals surface area (Å²) in [6.07, 6.45) is 4.03. The Balaban J connectivity index is 1.65. The SMILES string of the molecule is CC(=O)N1CCC[C@H](NCCc2ccc(Cl)cc2)[C@@H]1Cc1ccc(C)cc1. The van der Waals surface area contributed by atoms with Crippen molar-refractivity contribution in [1.29, 1.82) is 0 Å². The molecule has 4 heteroatoms. The molecule has 0 bridgehead atoms. The van der Waals surface area contributed by atoms with Crippen molar-refractivity contribution in [3.05, 3.63) is 70.2 Å². The van der Waals surface area contributed by atoms with Crippen LogP contribution in [0.2, 0.25) is 5.02 Å². The molecule has 3 rings (SSSR count). The molecule has 2 aromatic carbocycles. The van der Waals surface area contributed by atoms with Crippen molar-refractivity contribution in [2.45, 2.75) is 51.6 Å². The van der Waals surface area contributed by atoms with E-state index in [0.29, 0.717) is 6.04 Å². The summed E-state index contributed by atoms with van der Waals surface area (Å²) in [5.41, 5.74) is 3.84. The number of benzene rings is 2. The van der Waals surface area contributed by atoms with Gasteiger partial charge in [-0.3, -0.25) is 4.79 Å². The Kier molecular flexibility index (Phi) is 6.92. The maximum absolute atomic E-state index is 12.2. The molecule has 1 N–H and O–H groups in total. The highest BCUT2D eigenvalue weighted by molar-refractivity contribution is 6.30. The lowest BCUT2D eigenvalue weighted by Crippen LogP contribution is -2.56. The summed E-state index contributed by atoms with van der Waals surface area (Å²) in [4.78, 5) is 14.3. The lowest BCUT2D eigenvalue weighted by atomic mass is 9.90. The number of amides is 1. The van der Waals surface area contributed by atoms with Gasteiger partial charge in [-0.1, -0.05) is 53.6 Å². The number of piperidine rings is 1. The summed E-state index contributed by atoms with van der Waals surface area (Å²) >= 11 is 5.97. The Morgan fingerprint density at radius 3 is 2.44 bits per heavy atom. The van der Waals surface area contributed by atoms with Crippen molar-refractivity contribution >= 4 is 17.5 Å². The van der Waals surface area contributed by atoms with Crippen molar-refractivity contribution in [2.75, 3.05) is 13.1 Å². The highest BCUT2D eigenvalue weighted by Gasteiger charge is 2.32.